The van der Waals surface area contributed by atoms with Crippen LogP contribution < -0.4 is 10.2 Å². The molecule has 0 aliphatic rings. The molecule has 30 heavy (non-hydrogen) atoms. The normalized spacial score (nSPS) is 11.5. The highest BCUT2D eigenvalue weighted by Crippen LogP contribution is 2.22. The molecular formula is C25H25ClN2O2. The predicted octanol–water partition coefficient (Wildman–Crippen LogP) is 5.98. The molecule has 3 rings (SSSR count). The van der Waals surface area contributed by atoms with Gasteiger partial charge in [0.1, 0.15) is 12.4 Å². The van der Waals surface area contributed by atoms with Crippen LogP contribution in [-0.4, -0.2) is 12.1 Å². The minimum Gasteiger partial charge on any atom is -0.488 e. The number of para-hydroxylation sites is 1. The van der Waals surface area contributed by atoms with Crippen LogP contribution in [-0.2, 0) is 12.0 Å². The Morgan fingerprint density at radius 2 is 1.77 bits per heavy atom. The molecule has 4 nitrogen and oxygen atoms in total. The second kappa shape index (κ2) is 9.59. The van der Waals surface area contributed by atoms with Gasteiger partial charge in [0.15, 0.2) is 0 Å². The molecule has 0 aliphatic carbocycles. The number of ether oxygens (including phenoxy) is 1. The number of rotatable bonds is 6. The number of hydrogen-bond donors (Lipinski definition) is 1. The van der Waals surface area contributed by atoms with Gasteiger partial charge in [-0.05, 0) is 52.9 Å². The summed E-state index contributed by atoms with van der Waals surface area (Å²) in [4.78, 5) is 12.4. The van der Waals surface area contributed by atoms with Gasteiger partial charge in [0.25, 0.3) is 5.91 Å². The van der Waals surface area contributed by atoms with Crippen molar-refractivity contribution in [3.63, 3.8) is 0 Å². The lowest BCUT2D eigenvalue weighted by Gasteiger charge is -2.18. The van der Waals surface area contributed by atoms with E-state index in [1.807, 2.05) is 72.8 Å². The van der Waals surface area contributed by atoms with E-state index in [1.54, 1.807) is 6.21 Å². The molecule has 1 N–H and O–H groups in total. The van der Waals surface area contributed by atoms with Crippen LogP contribution >= 0.6 is 11.6 Å². The first-order valence-electron chi connectivity index (χ1n) is 9.73. The largest absolute Gasteiger partial charge is 0.488 e. The Hall–Kier alpha value is -3.11. The molecule has 0 radical (unpaired) electrons. The first-order chi connectivity index (χ1) is 14.3. The van der Waals surface area contributed by atoms with Gasteiger partial charge in [-0.15, -0.1) is 0 Å². The van der Waals surface area contributed by atoms with E-state index in [4.69, 9.17) is 16.3 Å². The summed E-state index contributed by atoms with van der Waals surface area (Å²) >= 11 is 6.02. The highest BCUT2D eigenvalue weighted by atomic mass is 35.5. The summed E-state index contributed by atoms with van der Waals surface area (Å²) in [5.74, 6) is 0.411. The Kier molecular flexibility index (Phi) is 6.91. The molecule has 5 heteroatoms. The van der Waals surface area contributed by atoms with Crippen LogP contribution in [0.25, 0.3) is 0 Å². The summed E-state index contributed by atoms with van der Waals surface area (Å²) in [6, 6.07) is 22.6. The Balaban J connectivity index is 1.63. The highest BCUT2D eigenvalue weighted by molar-refractivity contribution is 6.30. The summed E-state index contributed by atoms with van der Waals surface area (Å²) in [6.07, 6.45) is 1.58. The highest BCUT2D eigenvalue weighted by Gasteiger charge is 2.14. The maximum absolute atomic E-state index is 12.4. The van der Waals surface area contributed by atoms with Gasteiger partial charge in [-0.25, -0.2) is 5.43 Å². The van der Waals surface area contributed by atoms with Crippen LogP contribution in [0, 0.1) is 0 Å². The van der Waals surface area contributed by atoms with Gasteiger partial charge < -0.3 is 4.74 Å². The molecule has 0 atom stereocenters. The van der Waals surface area contributed by atoms with Gasteiger partial charge in [0.2, 0.25) is 0 Å². The fourth-order valence-electron chi connectivity index (χ4n) is 2.85. The Morgan fingerprint density at radius 3 is 2.47 bits per heavy atom. The second-order valence-corrected chi connectivity index (χ2v) is 8.42. The minimum atomic E-state index is -0.260. The number of hydrazone groups is 1. The smallest absolute Gasteiger partial charge is 0.271 e. The maximum Gasteiger partial charge on any atom is 0.271 e. The Morgan fingerprint density at radius 1 is 1.03 bits per heavy atom. The summed E-state index contributed by atoms with van der Waals surface area (Å²) in [7, 11) is 0. The first kappa shape index (κ1) is 21.6. The summed E-state index contributed by atoms with van der Waals surface area (Å²) < 4.78 is 5.90. The zero-order chi connectivity index (χ0) is 21.6. The molecule has 0 bridgehead atoms. The average Bonchev–Trinajstić information content (AvgIpc) is 2.72. The van der Waals surface area contributed by atoms with Crippen molar-refractivity contribution in [2.75, 3.05) is 0 Å². The topological polar surface area (TPSA) is 50.7 Å². The van der Waals surface area contributed by atoms with E-state index in [0.717, 1.165) is 11.1 Å². The van der Waals surface area contributed by atoms with E-state index < -0.39 is 0 Å². The number of benzene rings is 3. The van der Waals surface area contributed by atoms with Crippen LogP contribution in [0.5, 0.6) is 5.75 Å². The molecule has 0 spiro atoms. The molecule has 3 aromatic carbocycles. The number of nitrogens with zero attached hydrogens (tertiary/aromatic N) is 1. The summed E-state index contributed by atoms with van der Waals surface area (Å²) in [6.45, 7) is 6.80. The third-order valence-corrected chi connectivity index (χ3v) is 4.82. The predicted molar refractivity (Wildman–Crippen MR) is 122 cm³/mol. The van der Waals surface area contributed by atoms with Gasteiger partial charge >= 0.3 is 0 Å². The van der Waals surface area contributed by atoms with Gasteiger partial charge in [-0.3, -0.25) is 4.79 Å². The van der Waals surface area contributed by atoms with Crippen molar-refractivity contribution in [1.82, 2.24) is 5.43 Å². The molecule has 154 valence electrons. The molecule has 0 saturated heterocycles. The maximum atomic E-state index is 12.4. The number of nitrogens with one attached hydrogen (secondary N) is 1. The van der Waals surface area contributed by atoms with Crippen molar-refractivity contribution < 1.29 is 9.53 Å². The zero-order valence-corrected chi connectivity index (χ0v) is 18.1. The van der Waals surface area contributed by atoms with Crippen LogP contribution in [0.15, 0.2) is 77.9 Å². The molecule has 3 aromatic rings. The summed E-state index contributed by atoms with van der Waals surface area (Å²) in [5.41, 5.74) is 6.09. The fourth-order valence-corrected chi connectivity index (χ4v) is 3.07. The van der Waals surface area contributed by atoms with E-state index >= 15 is 0 Å². The third-order valence-electron chi connectivity index (χ3n) is 4.59. The SMILES string of the molecule is CC(C)(C)c1ccc(C(=O)N/N=C\c2ccccc2OCc2cccc(Cl)c2)cc1. The van der Waals surface area contributed by atoms with E-state index in [-0.39, 0.29) is 11.3 Å². The third kappa shape index (κ3) is 5.94. The van der Waals surface area contributed by atoms with Crippen LogP contribution in [0.2, 0.25) is 5.02 Å². The molecule has 0 heterocycles. The zero-order valence-electron chi connectivity index (χ0n) is 17.4. The first-order valence-corrected chi connectivity index (χ1v) is 10.1. The Labute approximate surface area is 182 Å². The lowest BCUT2D eigenvalue weighted by atomic mass is 9.87. The summed E-state index contributed by atoms with van der Waals surface area (Å²) in [5, 5.41) is 4.76. The number of hydrogen-bond acceptors (Lipinski definition) is 3. The number of carbonyl (C=O) groups is 1. The van der Waals surface area contributed by atoms with Gasteiger partial charge in [0, 0.05) is 16.1 Å². The molecule has 0 unspecified atom stereocenters. The van der Waals surface area contributed by atoms with Crippen molar-refractivity contribution in [2.45, 2.75) is 32.8 Å². The fraction of sp³-hybridized carbons (Fsp3) is 0.200. The van der Waals surface area contributed by atoms with Gasteiger partial charge in [-0.2, -0.15) is 5.10 Å². The number of halogens is 1. The lowest BCUT2D eigenvalue weighted by Crippen LogP contribution is -2.18. The minimum absolute atomic E-state index is 0.0436. The molecule has 1 amide bonds. The van der Waals surface area contributed by atoms with Crippen molar-refractivity contribution in [2.24, 2.45) is 5.10 Å². The van der Waals surface area contributed by atoms with E-state index in [9.17, 15) is 4.79 Å². The molecule has 0 aromatic heterocycles. The van der Waals surface area contributed by atoms with Crippen molar-refractivity contribution in [3.8, 4) is 5.75 Å². The number of carbonyl (C=O) groups excluding carboxylic acids is 1. The van der Waals surface area contributed by atoms with Crippen LogP contribution in [0.3, 0.4) is 0 Å². The van der Waals surface area contributed by atoms with E-state index in [1.165, 1.54) is 5.56 Å². The molecule has 0 aliphatic heterocycles. The lowest BCUT2D eigenvalue weighted by molar-refractivity contribution is 0.0955. The Bertz CT molecular complexity index is 1040. The van der Waals surface area contributed by atoms with Crippen LogP contribution in [0.1, 0.15) is 47.8 Å². The quantitative estimate of drug-likeness (QED) is 0.394. The van der Waals surface area contributed by atoms with Gasteiger partial charge in [-0.1, -0.05) is 68.8 Å². The van der Waals surface area contributed by atoms with Crippen molar-refractivity contribution >= 4 is 23.7 Å². The van der Waals surface area contributed by atoms with Crippen molar-refractivity contribution in [3.05, 3.63) is 100 Å². The van der Waals surface area contributed by atoms with E-state index in [0.29, 0.717) is 22.9 Å². The van der Waals surface area contributed by atoms with Gasteiger partial charge in [0.05, 0.1) is 6.21 Å². The average molecular weight is 421 g/mol. The van der Waals surface area contributed by atoms with Crippen molar-refractivity contribution in [1.29, 1.82) is 0 Å². The van der Waals surface area contributed by atoms with Crippen LogP contribution in [0.4, 0.5) is 0 Å². The molecule has 0 saturated carbocycles. The number of amides is 1. The molecular weight excluding hydrogens is 396 g/mol. The monoisotopic (exact) mass is 420 g/mol. The van der Waals surface area contributed by atoms with E-state index in [2.05, 4.69) is 31.3 Å². The standard InChI is InChI=1S/C25H25ClN2O2/c1-25(2,3)21-13-11-19(12-14-21)24(29)28-27-16-20-8-4-5-10-23(20)30-17-18-7-6-9-22(26)15-18/h4-16H,17H2,1-3H3,(H,28,29)/b27-16-. The molecule has 0 fully saturated rings. The second-order valence-electron chi connectivity index (χ2n) is 7.98.